The zero-order valence-electron chi connectivity index (χ0n) is 13.0. The number of carbonyl (C=O) groups excluding carboxylic acids is 2. The summed E-state index contributed by atoms with van der Waals surface area (Å²) in [4.78, 5) is 26.4. The number of hydrogen-bond acceptors (Lipinski definition) is 3. The van der Waals surface area contributed by atoms with Crippen molar-refractivity contribution >= 4 is 11.9 Å². The highest BCUT2D eigenvalue weighted by Crippen LogP contribution is 2.34. The van der Waals surface area contributed by atoms with E-state index in [1.54, 1.807) is 23.1 Å². The molecule has 0 unspecified atom stereocenters. The Morgan fingerprint density at radius 1 is 1.29 bits per heavy atom. The third-order valence-corrected chi connectivity index (χ3v) is 4.68. The number of hydrogen-bond donors (Lipinski definition) is 2. The number of nitrogens with zero attached hydrogens (tertiary/aromatic N) is 1. The standard InChI is InChI=1S/C17H18FN3O3/c18-12-6-2-1-5-11(12)15-14-13(19-17(23)20-15)9-21(16(14)22)8-10-4-3-7-24-10/h1-2,5-6,10,15H,3-4,7-9H2,(H2,19,20,23)/t10-,15+/m1/s1. The zero-order valence-corrected chi connectivity index (χ0v) is 13.0. The van der Waals surface area contributed by atoms with Gasteiger partial charge in [0.15, 0.2) is 0 Å². The molecule has 0 bridgehead atoms. The van der Waals surface area contributed by atoms with Gasteiger partial charge in [-0.3, -0.25) is 4.79 Å². The minimum atomic E-state index is -0.767. The van der Waals surface area contributed by atoms with Crippen molar-refractivity contribution in [3.8, 4) is 0 Å². The first-order chi connectivity index (χ1) is 11.6. The van der Waals surface area contributed by atoms with Crippen LogP contribution in [0.2, 0.25) is 0 Å². The molecule has 0 radical (unpaired) electrons. The van der Waals surface area contributed by atoms with Crippen LogP contribution in [0.15, 0.2) is 35.5 Å². The lowest BCUT2D eigenvalue weighted by Crippen LogP contribution is -2.44. The molecule has 126 valence electrons. The number of halogens is 1. The second-order valence-corrected chi connectivity index (χ2v) is 6.27. The highest BCUT2D eigenvalue weighted by Gasteiger charge is 2.41. The summed E-state index contributed by atoms with van der Waals surface area (Å²) in [6, 6.07) is 5.00. The lowest BCUT2D eigenvalue weighted by Gasteiger charge is -2.26. The van der Waals surface area contributed by atoms with Crippen LogP contribution in [0, 0.1) is 5.82 Å². The van der Waals surface area contributed by atoms with E-state index in [0.717, 1.165) is 19.4 Å². The summed E-state index contributed by atoms with van der Waals surface area (Å²) in [7, 11) is 0. The van der Waals surface area contributed by atoms with Gasteiger partial charge in [0.2, 0.25) is 0 Å². The second kappa shape index (κ2) is 5.90. The van der Waals surface area contributed by atoms with Gasteiger partial charge in [0.25, 0.3) is 5.91 Å². The minimum absolute atomic E-state index is 0.0332. The average Bonchev–Trinajstić information content (AvgIpc) is 3.16. The Balaban J connectivity index is 1.62. The molecule has 4 rings (SSSR count). The molecule has 2 atom stereocenters. The fourth-order valence-electron chi connectivity index (χ4n) is 3.55. The molecule has 24 heavy (non-hydrogen) atoms. The SMILES string of the molecule is O=C1NC2=C(C(=O)N(C[C@H]3CCCO3)C2)[C@H](c2ccccc2F)N1. The Hall–Kier alpha value is -2.41. The van der Waals surface area contributed by atoms with Crippen molar-refractivity contribution in [1.29, 1.82) is 0 Å². The minimum Gasteiger partial charge on any atom is -0.376 e. The molecular formula is C17H18FN3O3. The summed E-state index contributed by atoms with van der Waals surface area (Å²) in [5.41, 5.74) is 1.26. The molecule has 0 aromatic heterocycles. The number of carbonyl (C=O) groups is 2. The van der Waals surface area contributed by atoms with Crippen LogP contribution in [-0.4, -0.2) is 42.6 Å². The summed E-state index contributed by atoms with van der Waals surface area (Å²) in [5, 5.41) is 5.35. The Morgan fingerprint density at radius 2 is 2.12 bits per heavy atom. The van der Waals surface area contributed by atoms with Crippen molar-refractivity contribution < 1.29 is 18.7 Å². The average molecular weight is 331 g/mol. The fraction of sp³-hybridized carbons (Fsp3) is 0.412. The Bertz CT molecular complexity index is 728. The number of urea groups is 1. The predicted octanol–water partition coefficient (Wildman–Crippen LogP) is 1.45. The highest BCUT2D eigenvalue weighted by molar-refractivity contribution is 6.01. The molecule has 7 heteroatoms. The van der Waals surface area contributed by atoms with Crippen LogP contribution in [0.1, 0.15) is 24.4 Å². The molecule has 3 aliphatic rings. The maximum atomic E-state index is 14.2. The van der Waals surface area contributed by atoms with Crippen LogP contribution in [0.25, 0.3) is 0 Å². The fourth-order valence-corrected chi connectivity index (χ4v) is 3.55. The molecule has 0 aliphatic carbocycles. The van der Waals surface area contributed by atoms with Crippen molar-refractivity contribution in [2.24, 2.45) is 0 Å². The third-order valence-electron chi connectivity index (χ3n) is 4.68. The van der Waals surface area contributed by atoms with Crippen LogP contribution in [-0.2, 0) is 9.53 Å². The largest absolute Gasteiger partial charge is 0.376 e. The summed E-state index contributed by atoms with van der Waals surface area (Å²) < 4.78 is 19.8. The van der Waals surface area contributed by atoms with E-state index in [2.05, 4.69) is 10.6 Å². The number of amides is 3. The maximum absolute atomic E-state index is 14.2. The van der Waals surface area contributed by atoms with Gasteiger partial charge in [-0.2, -0.15) is 0 Å². The van der Waals surface area contributed by atoms with Crippen molar-refractivity contribution in [2.75, 3.05) is 19.7 Å². The molecule has 1 saturated heterocycles. The summed E-state index contributed by atoms with van der Waals surface area (Å²) in [6.45, 7) is 1.54. The first-order valence-corrected chi connectivity index (χ1v) is 8.09. The van der Waals surface area contributed by atoms with E-state index >= 15 is 0 Å². The topological polar surface area (TPSA) is 70.7 Å². The highest BCUT2D eigenvalue weighted by atomic mass is 19.1. The number of ether oxygens (including phenoxy) is 1. The Labute approximate surface area is 138 Å². The van der Waals surface area contributed by atoms with Crippen molar-refractivity contribution in [2.45, 2.75) is 25.0 Å². The molecule has 0 spiro atoms. The van der Waals surface area contributed by atoms with Gasteiger partial charge in [0.05, 0.1) is 30.0 Å². The van der Waals surface area contributed by atoms with Gasteiger partial charge >= 0.3 is 6.03 Å². The van der Waals surface area contributed by atoms with Crippen LogP contribution >= 0.6 is 0 Å². The van der Waals surface area contributed by atoms with Crippen molar-refractivity contribution in [1.82, 2.24) is 15.5 Å². The van der Waals surface area contributed by atoms with Gasteiger partial charge in [-0.15, -0.1) is 0 Å². The summed E-state index contributed by atoms with van der Waals surface area (Å²) >= 11 is 0. The molecular weight excluding hydrogens is 313 g/mol. The van der Waals surface area contributed by atoms with E-state index in [9.17, 15) is 14.0 Å². The van der Waals surface area contributed by atoms with Gasteiger partial charge in [-0.25, -0.2) is 9.18 Å². The lowest BCUT2D eigenvalue weighted by molar-refractivity contribution is -0.127. The Kier molecular flexibility index (Phi) is 3.72. The number of nitrogens with one attached hydrogen (secondary N) is 2. The number of rotatable bonds is 3. The van der Waals surface area contributed by atoms with Crippen molar-refractivity contribution in [3.05, 3.63) is 46.9 Å². The van der Waals surface area contributed by atoms with Gasteiger partial charge < -0.3 is 20.3 Å². The normalized spacial score (nSPS) is 26.5. The van der Waals surface area contributed by atoms with Crippen LogP contribution in [0.3, 0.4) is 0 Å². The first-order valence-electron chi connectivity index (χ1n) is 8.09. The van der Waals surface area contributed by atoms with Gasteiger partial charge in [-0.05, 0) is 18.9 Å². The molecule has 6 nitrogen and oxygen atoms in total. The predicted molar refractivity (Wildman–Crippen MR) is 83.4 cm³/mol. The smallest absolute Gasteiger partial charge is 0.319 e. The summed E-state index contributed by atoms with van der Waals surface area (Å²) in [6.07, 6.45) is 1.96. The molecule has 0 saturated carbocycles. The van der Waals surface area contributed by atoms with E-state index in [1.807, 2.05) is 0 Å². The molecule has 1 aromatic rings. The zero-order chi connectivity index (χ0) is 16.7. The first kappa shape index (κ1) is 15.1. The van der Waals surface area contributed by atoms with E-state index in [-0.39, 0.29) is 12.0 Å². The second-order valence-electron chi connectivity index (χ2n) is 6.27. The molecule has 2 N–H and O–H groups in total. The molecule has 1 aromatic carbocycles. The molecule has 3 aliphatic heterocycles. The van der Waals surface area contributed by atoms with Gasteiger partial charge in [0.1, 0.15) is 5.82 Å². The van der Waals surface area contributed by atoms with Crippen LogP contribution < -0.4 is 10.6 Å². The van der Waals surface area contributed by atoms with E-state index in [0.29, 0.717) is 29.9 Å². The quantitative estimate of drug-likeness (QED) is 0.881. The van der Waals surface area contributed by atoms with E-state index in [1.165, 1.54) is 6.07 Å². The molecule has 1 fully saturated rings. The Morgan fingerprint density at radius 3 is 2.88 bits per heavy atom. The maximum Gasteiger partial charge on any atom is 0.319 e. The lowest BCUT2D eigenvalue weighted by atomic mass is 9.96. The van der Waals surface area contributed by atoms with Gasteiger partial charge in [-0.1, -0.05) is 18.2 Å². The van der Waals surface area contributed by atoms with E-state index < -0.39 is 17.9 Å². The molecule has 3 amide bonds. The van der Waals surface area contributed by atoms with Gasteiger partial charge in [0, 0.05) is 18.7 Å². The number of benzene rings is 1. The monoisotopic (exact) mass is 331 g/mol. The van der Waals surface area contributed by atoms with Crippen LogP contribution in [0.4, 0.5) is 9.18 Å². The van der Waals surface area contributed by atoms with Crippen LogP contribution in [0.5, 0.6) is 0 Å². The molecule has 3 heterocycles. The summed E-state index contributed by atoms with van der Waals surface area (Å²) in [5.74, 6) is -0.622. The van der Waals surface area contributed by atoms with Crippen molar-refractivity contribution in [3.63, 3.8) is 0 Å². The third kappa shape index (κ3) is 2.54. The van der Waals surface area contributed by atoms with E-state index in [4.69, 9.17) is 4.74 Å².